The standard InChI is InChI=1S/C16H21NO6S/c1-12(15(18)22-2)23-16(19)13-8-10-17(11-9-13)24(20,21)14-6-4-3-5-7-14/h3-7,12-13H,8-11H2,1-2H3. The first-order valence-corrected chi connectivity index (χ1v) is 9.13. The normalized spacial score (nSPS) is 17.9. The van der Waals surface area contributed by atoms with E-state index in [-0.39, 0.29) is 18.0 Å². The van der Waals surface area contributed by atoms with E-state index in [0.717, 1.165) is 0 Å². The Kier molecular flexibility index (Phi) is 5.95. The molecule has 0 bridgehead atoms. The molecule has 1 aliphatic rings. The van der Waals surface area contributed by atoms with Crippen LogP contribution in [0.1, 0.15) is 19.8 Å². The van der Waals surface area contributed by atoms with Gasteiger partial charge in [-0.3, -0.25) is 4.79 Å². The van der Waals surface area contributed by atoms with Gasteiger partial charge in [0.2, 0.25) is 10.0 Å². The SMILES string of the molecule is COC(=O)C(C)OC(=O)C1CCN(S(=O)(=O)c2ccccc2)CC1. The number of carbonyl (C=O) groups excluding carboxylic acids is 2. The molecular formula is C16H21NO6S. The maximum absolute atomic E-state index is 12.5. The maximum Gasteiger partial charge on any atom is 0.346 e. The molecule has 1 aliphatic heterocycles. The van der Waals surface area contributed by atoms with E-state index in [0.29, 0.717) is 12.8 Å². The number of benzene rings is 1. The average molecular weight is 355 g/mol. The lowest BCUT2D eigenvalue weighted by Gasteiger charge is -2.30. The van der Waals surface area contributed by atoms with E-state index in [9.17, 15) is 18.0 Å². The van der Waals surface area contributed by atoms with Crippen molar-refractivity contribution in [2.24, 2.45) is 5.92 Å². The molecule has 1 aromatic rings. The van der Waals surface area contributed by atoms with Crippen LogP contribution in [0.5, 0.6) is 0 Å². The fraction of sp³-hybridized carbons (Fsp3) is 0.500. The predicted octanol–water partition coefficient (Wildman–Crippen LogP) is 1.19. The van der Waals surface area contributed by atoms with Crippen molar-refractivity contribution >= 4 is 22.0 Å². The van der Waals surface area contributed by atoms with E-state index in [1.807, 2.05) is 0 Å². The third-order valence-corrected chi connectivity index (χ3v) is 5.91. The number of methoxy groups -OCH3 is 1. The van der Waals surface area contributed by atoms with Crippen LogP contribution in [0.25, 0.3) is 0 Å². The van der Waals surface area contributed by atoms with Gasteiger partial charge in [0.1, 0.15) is 0 Å². The lowest BCUT2D eigenvalue weighted by atomic mass is 9.98. The van der Waals surface area contributed by atoms with Gasteiger partial charge in [-0.25, -0.2) is 13.2 Å². The van der Waals surface area contributed by atoms with Crippen LogP contribution in [0.15, 0.2) is 35.2 Å². The zero-order chi connectivity index (χ0) is 17.7. The minimum Gasteiger partial charge on any atom is -0.466 e. The molecule has 0 amide bonds. The summed E-state index contributed by atoms with van der Waals surface area (Å²) in [6, 6.07) is 8.20. The van der Waals surface area contributed by atoms with Gasteiger partial charge in [0.25, 0.3) is 0 Å². The van der Waals surface area contributed by atoms with Crippen LogP contribution in [-0.4, -0.2) is 51.0 Å². The van der Waals surface area contributed by atoms with Crippen molar-refractivity contribution in [3.63, 3.8) is 0 Å². The van der Waals surface area contributed by atoms with Gasteiger partial charge in [-0.05, 0) is 31.9 Å². The Morgan fingerprint density at radius 2 is 1.75 bits per heavy atom. The highest BCUT2D eigenvalue weighted by Crippen LogP contribution is 2.24. The lowest BCUT2D eigenvalue weighted by Crippen LogP contribution is -2.41. The van der Waals surface area contributed by atoms with Crippen LogP contribution in [0, 0.1) is 5.92 Å². The van der Waals surface area contributed by atoms with Crippen LogP contribution in [-0.2, 0) is 29.1 Å². The van der Waals surface area contributed by atoms with Gasteiger partial charge in [-0.15, -0.1) is 0 Å². The van der Waals surface area contributed by atoms with E-state index >= 15 is 0 Å². The Morgan fingerprint density at radius 1 is 1.17 bits per heavy atom. The van der Waals surface area contributed by atoms with E-state index in [4.69, 9.17) is 4.74 Å². The summed E-state index contributed by atoms with van der Waals surface area (Å²) in [6.07, 6.45) is -0.244. The molecule has 1 atom stereocenters. The highest BCUT2D eigenvalue weighted by atomic mass is 32.2. The van der Waals surface area contributed by atoms with Gasteiger partial charge in [0, 0.05) is 13.1 Å². The maximum atomic E-state index is 12.5. The second-order valence-electron chi connectivity index (χ2n) is 5.59. The largest absolute Gasteiger partial charge is 0.466 e. The molecule has 1 unspecified atom stereocenters. The van der Waals surface area contributed by atoms with Gasteiger partial charge >= 0.3 is 11.9 Å². The summed E-state index contributed by atoms with van der Waals surface area (Å²) in [5.41, 5.74) is 0. The van der Waals surface area contributed by atoms with Crippen molar-refractivity contribution in [2.45, 2.75) is 30.8 Å². The summed E-state index contributed by atoms with van der Waals surface area (Å²) in [5, 5.41) is 0. The van der Waals surface area contributed by atoms with Gasteiger partial charge in [0.05, 0.1) is 17.9 Å². The molecule has 0 saturated carbocycles. The average Bonchev–Trinajstić information content (AvgIpc) is 2.61. The zero-order valence-electron chi connectivity index (χ0n) is 13.7. The molecule has 2 rings (SSSR count). The summed E-state index contributed by atoms with van der Waals surface area (Å²) < 4.78 is 36.0. The smallest absolute Gasteiger partial charge is 0.346 e. The predicted molar refractivity (Wildman–Crippen MR) is 85.5 cm³/mol. The number of rotatable bonds is 5. The van der Waals surface area contributed by atoms with Crippen LogP contribution >= 0.6 is 0 Å². The third kappa shape index (κ3) is 4.12. The molecule has 1 saturated heterocycles. The molecular weight excluding hydrogens is 334 g/mol. The first-order chi connectivity index (χ1) is 11.4. The highest BCUT2D eigenvalue weighted by molar-refractivity contribution is 7.89. The van der Waals surface area contributed by atoms with Crippen LogP contribution in [0.4, 0.5) is 0 Å². The zero-order valence-corrected chi connectivity index (χ0v) is 14.5. The van der Waals surface area contributed by atoms with E-state index < -0.39 is 34.0 Å². The summed E-state index contributed by atoms with van der Waals surface area (Å²) in [5.74, 6) is -1.53. The Bertz CT molecular complexity index is 680. The van der Waals surface area contributed by atoms with Gasteiger partial charge in [0.15, 0.2) is 6.10 Å². The molecule has 0 aliphatic carbocycles. The Morgan fingerprint density at radius 3 is 2.29 bits per heavy atom. The molecule has 0 radical (unpaired) electrons. The Labute approximate surface area is 141 Å². The topological polar surface area (TPSA) is 90.0 Å². The fourth-order valence-corrected chi connectivity index (χ4v) is 4.05. The van der Waals surface area contributed by atoms with Crippen molar-refractivity contribution in [3.8, 4) is 0 Å². The molecule has 132 valence electrons. The van der Waals surface area contributed by atoms with Gasteiger partial charge < -0.3 is 9.47 Å². The highest BCUT2D eigenvalue weighted by Gasteiger charge is 2.33. The monoisotopic (exact) mass is 355 g/mol. The van der Waals surface area contributed by atoms with Crippen molar-refractivity contribution in [1.29, 1.82) is 0 Å². The van der Waals surface area contributed by atoms with Crippen molar-refractivity contribution < 1.29 is 27.5 Å². The molecule has 8 heteroatoms. The minimum atomic E-state index is -3.54. The summed E-state index contributed by atoms with van der Waals surface area (Å²) in [6.45, 7) is 1.92. The molecule has 0 spiro atoms. The van der Waals surface area contributed by atoms with Crippen LogP contribution in [0.2, 0.25) is 0 Å². The number of hydrogen-bond acceptors (Lipinski definition) is 6. The number of sulfonamides is 1. The Hall–Kier alpha value is -1.93. The number of piperidine rings is 1. The molecule has 1 aromatic carbocycles. The number of ether oxygens (including phenoxy) is 2. The van der Waals surface area contributed by atoms with Crippen molar-refractivity contribution in [2.75, 3.05) is 20.2 Å². The Balaban J connectivity index is 1.94. The van der Waals surface area contributed by atoms with Crippen LogP contribution in [0.3, 0.4) is 0 Å². The van der Waals surface area contributed by atoms with Crippen LogP contribution < -0.4 is 0 Å². The quantitative estimate of drug-likeness (QED) is 0.737. The molecule has 7 nitrogen and oxygen atoms in total. The number of hydrogen-bond donors (Lipinski definition) is 0. The fourth-order valence-electron chi connectivity index (χ4n) is 2.56. The molecule has 1 fully saturated rings. The van der Waals surface area contributed by atoms with Gasteiger partial charge in [-0.1, -0.05) is 18.2 Å². The van der Waals surface area contributed by atoms with Crippen molar-refractivity contribution in [1.82, 2.24) is 4.31 Å². The summed E-state index contributed by atoms with van der Waals surface area (Å²) in [7, 11) is -2.32. The first-order valence-electron chi connectivity index (χ1n) is 7.69. The number of carbonyl (C=O) groups is 2. The second-order valence-corrected chi connectivity index (χ2v) is 7.53. The second kappa shape index (κ2) is 7.76. The van der Waals surface area contributed by atoms with Crippen molar-refractivity contribution in [3.05, 3.63) is 30.3 Å². The minimum absolute atomic E-state index is 0.240. The van der Waals surface area contributed by atoms with E-state index in [1.54, 1.807) is 30.3 Å². The molecule has 0 N–H and O–H groups in total. The summed E-state index contributed by atoms with van der Waals surface area (Å²) >= 11 is 0. The number of nitrogens with zero attached hydrogens (tertiary/aromatic N) is 1. The molecule has 1 heterocycles. The summed E-state index contributed by atoms with van der Waals surface area (Å²) in [4.78, 5) is 23.6. The lowest BCUT2D eigenvalue weighted by molar-refractivity contribution is -0.168. The third-order valence-electron chi connectivity index (χ3n) is 3.99. The molecule has 0 aromatic heterocycles. The first kappa shape index (κ1) is 18.4. The molecule has 24 heavy (non-hydrogen) atoms. The van der Waals surface area contributed by atoms with E-state index in [1.165, 1.54) is 18.3 Å². The number of esters is 2. The van der Waals surface area contributed by atoms with Gasteiger partial charge in [-0.2, -0.15) is 4.31 Å². The van der Waals surface area contributed by atoms with E-state index in [2.05, 4.69) is 4.74 Å².